The van der Waals surface area contributed by atoms with Crippen LogP contribution in [0.3, 0.4) is 0 Å². The number of carboxylic acid groups (broad SMARTS) is 1. The van der Waals surface area contributed by atoms with Crippen LogP contribution in [-0.2, 0) is 4.79 Å². The summed E-state index contributed by atoms with van der Waals surface area (Å²) < 4.78 is 0. The molecule has 0 saturated carbocycles. The van der Waals surface area contributed by atoms with Gasteiger partial charge in [0.15, 0.2) is 5.60 Å². The van der Waals surface area contributed by atoms with Crippen molar-refractivity contribution in [2.45, 2.75) is 24.3 Å². The number of thioether (sulfide) groups is 1. The fourth-order valence-corrected chi connectivity index (χ4v) is 2.13. The van der Waals surface area contributed by atoms with Crippen molar-refractivity contribution in [3.63, 3.8) is 0 Å². The van der Waals surface area contributed by atoms with E-state index in [1.165, 1.54) is 18.7 Å². The lowest BCUT2D eigenvalue weighted by molar-refractivity contribution is -0.154. The van der Waals surface area contributed by atoms with Crippen LogP contribution < -0.4 is 5.73 Å². The number of hydrogen-bond acceptors (Lipinski definition) is 4. The normalized spacial score (nSPS) is 14.4. The number of nitrogen functional groups attached to an aromatic ring is 1. The number of anilines is 1. The first-order valence-electron chi connectivity index (χ1n) is 4.77. The van der Waals surface area contributed by atoms with Gasteiger partial charge in [0.05, 0.1) is 0 Å². The predicted octanol–water partition coefficient (Wildman–Crippen LogP) is 1.50. The van der Waals surface area contributed by atoms with Crippen LogP contribution in [0, 0.1) is 6.92 Å². The Morgan fingerprint density at radius 3 is 2.75 bits per heavy atom. The molecule has 1 aromatic carbocycles. The van der Waals surface area contributed by atoms with Gasteiger partial charge in [-0.05, 0) is 31.5 Å². The fourth-order valence-electron chi connectivity index (χ4n) is 1.05. The summed E-state index contributed by atoms with van der Waals surface area (Å²) in [6.07, 6.45) is 0. The van der Waals surface area contributed by atoms with E-state index in [2.05, 4.69) is 0 Å². The number of aliphatic hydroxyl groups is 1. The number of benzene rings is 1. The van der Waals surface area contributed by atoms with Crippen molar-refractivity contribution in [2.24, 2.45) is 0 Å². The van der Waals surface area contributed by atoms with Crippen molar-refractivity contribution in [1.29, 1.82) is 0 Å². The molecular formula is C11H15NO3S. The smallest absolute Gasteiger partial charge is 0.336 e. The van der Waals surface area contributed by atoms with Crippen molar-refractivity contribution in [3.05, 3.63) is 23.8 Å². The van der Waals surface area contributed by atoms with Gasteiger partial charge in [0, 0.05) is 16.3 Å². The zero-order chi connectivity index (χ0) is 12.3. The lowest BCUT2D eigenvalue weighted by Crippen LogP contribution is -2.37. The minimum atomic E-state index is -1.72. The molecule has 0 spiro atoms. The number of nitrogens with two attached hydrogens (primary N) is 1. The maximum absolute atomic E-state index is 10.7. The van der Waals surface area contributed by atoms with Gasteiger partial charge in [-0.1, -0.05) is 6.07 Å². The summed E-state index contributed by atoms with van der Waals surface area (Å²) in [6.45, 7) is 3.20. The van der Waals surface area contributed by atoms with Gasteiger partial charge in [0.1, 0.15) is 0 Å². The standard InChI is InChI=1S/C11H15NO3S/c1-7-3-4-8(12)5-9(7)16-6-11(2,15)10(13)14/h3-5,15H,6,12H2,1-2H3,(H,13,14). The summed E-state index contributed by atoms with van der Waals surface area (Å²) in [5, 5.41) is 18.3. The topological polar surface area (TPSA) is 83.5 Å². The third-order valence-electron chi connectivity index (χ3n) is 2.18. The molecule has 0 aliphatic carbocycles. The number of carboxylic acids is 1. The van der Waals surface area contributed by atoms with Crippen LogP contribution >= 0.6 is 11.8 Å². The third kappa shape index (κ3) is 3.15. The molecule has 0 aromatic heterocycles. The summed E-state index contributed by atoms with van der Waals surface area (Å²) in [5.41, 5.74) is 5.56. The lowest BCUT2D eigenvalue weighted by Gasteiger charge is -2.17. The molecule has 0 saturated heterocycles. The minimum absolute atomic E-state index is 0.0899. The predicted molar refractivity (Wildman–Crippen MR) is 64.6 cm³/mol. The highest BCUT2D eigenvalue weighted by Gasteiger charge is 2.29. The molecule has 4 nitrogen and oxygen atoms in total. The molecule has 1 aromatic rings. The summed E-state index contributed by atoms with van der Waals surface area (Å²) in [4.78, 5) is 11.6. The fraction of sp³-hybridized carbons (Fsp3) is 0.364. The highest BCUT2D eigenvalue weighted by atomic mass is 32.2. The van der Waals surface area contributed by atoms with Gasteiger partial charge in [-0.2, -0.15) is 0 Å². The molecular weight excluding hydrogens is 226 g/mol. The van der Waals surface area contributed by atoms with Crippen molar-refractivity contribution < 1.29 is 15.0 Å². The molecule has 0 aliphatic heterocycles. The molecule has 0 bridgehead atoms. The Balaban J connectivity index is 2.75. The van der Waals surface area contributed by atoms with Crippen LogP contribution in [0.5, 0.6) is 0 Å². The van der Waals surface area contributed by atoms with Gasteiger partial charge in [0.25, 0.3) is 0 Å². The average molecular weight is 241 g/mol. The molecule has 1 unspecified atom stereocenters. The molecule has 4 N–H and O–H groups in total. The van der Waals surface area contributed by atoms with Crippen molar-refractivity contribution in [2.75, 3.05) is 11.5 Å². The molecule has 0 fully saturated rings. The summed E-state index contributed by atoms with van der Waals surface area (Å²) >= 11 is 1.29. The highest BCUT2D eigenvalue weighted by molar-refractivity contribution is 7.99. The Morgan fingerprint density at radius 2 is 2.19 bits per heavy atom. The molecule has 5 heteroatoms. The average Bonchev–Trinajstić information content (AvgIpc) is 2.19. The van der Waals surface area contributed by atoms with E-state index in [1.54, 1.807) is 12.1 Å². The van der Waals surface area contributed by atoms with Gasteiger partial charge >= 0.3 is 5.97 Å². The van der Waals surface area contributed by atoms with Crippen LogP contribution in [0.2, 0.25) is 0 Å². The van der Waals surface area contributed by atoms with E-state index in [1.807, 2.05) is 13.0 Å². The Hall–Kier alpha value is -1.20. The molecule has 0 amide bonds. The second kappa shape index (κ2) is 4.76. The van der Waals surface area contributed by atoms with E-state index in [9.17, 15) is 9.90 Å². The van der Waals surface area contributed by atoms with E-state index >= 15 is 0 Å². The number of rotatable bonds is 4. The molecule has 0 radical (unpaired) electrons. The van der Waals surface area contributed by atoms with Gasteiger partial charge < -0.3 is 15.9 Å². The Bertz CT molecular complexity index is 404. The number of hydrogen-bond donors (Lipinski definition) is 3. The molecule has 0 heterocycles. The van der Waals surface area contributed by atoms with Crippen LogP contribution in [0.1, 0.15) is 12.5 Å². The van der Waals surface area contributed by atoms with Crippen molar-refractivity contribution in [3.8, 4) is 0 Å². The van der Waals surface area contributed by atoms with Crippen LogP contribution in [0.15, 0.2) is 23.1 Å². The summed E-state index contributed by atoms with van der Waals surface area (Å²) in [6, 6.07) is 5.43. The Labute approximate surface area is 98.5 Å². The maximum Gasteiger partial charge on any atom is 0.336 e. The van der Waals surface area contributed by atoms with Gasteiger partial charge in [-0.3, -0.25) is 0 Å². The van der Waals surface area contributed by atoms with Crippen LogP contribution in [0.4, 0.5) is 5.69 Å². The van der Waals surface area contributed by atoms with Gasteiger partial charge in [-0.15, -0.1) is 11.8 Å². The summed E-state index contributed by atoms with van der Waals surface area (Å²) in [7, 11) is 0. The highest BCUT2D eigenvalue weighted by Crippen LogP contribution is 2.27. The first-order chi connectivity index (χ1) is 7.33. The molecule has 88 valence electrons. The van der Waals surface area contributed by atoms with E-state index in [0.717, 1.165) is 10.5 Å². The monoisotopic (exact) mass is 241 g/mol. The quantitative estimate of drug-likeness (QED) is 0.549. The number of aryl methyl sites for hydroxylation is 1. The minimum Gasteiger partial charge on any atom is -0.479 e. The largest absolute Gasteiger partial charge is 0.479 e. The number of carbonyl (C=O) groups is 1. The number of aliphatic carboxylic acids is 1. The second-order valence-electron chi connectivity index (χ2n) is 3.89. The Kier molecular flexibility index (Phi) is 3.83. The zero-order valence-corrected chi connectivity index (χ0v) is 10.0. The van der Waals surface area contributed by atoms with E-state index in [-0.39, 0.29) is 5.75 Å². The SMILES string of the molecule is Cc1ccc(N)cc1SCC(C)(O)C(=O)O. The first-order valence-corrected chi connectivity index (χ1v) is 5.76. The molecule has 1 rings (SSSR count). The van der Waals surface area contributed by atoms with Gasteiger partial charge in [0.2, 0.25) is 0 Å². The van der Waals surface area contributed by atoms with Crippen molar-refractivity contribution >= 4 is 23.4 Å². The van der Waals surface area contributed by atoms with E-state index in [0.29, 0.717) is 5.69 Å². The second-order valence-corrected chi connectivity index (χ2v) is 4.91. The zero-order valence-electron chi connectivity index (χ0n) is 9.23. The molecule has 16 heavy (non-hydrogen) atoms. The third-order valence-corrected chi connectivity index (χ3v) is 3.64. The lowest BCUT2D eigenvalue weighted by atomic mass is 10.1. The first kappa shape index (κ1) is 12.9. The molecule has 0 aliphatic rings. The summed E-state index contributed by atoms with van der Waals surface area (Å²) in [5.74, 6) is -1.13. The Morgan fingerprint density at radius 1 is 1.56 bits per heavy atom. The van der Waals surface area contributed by atoms with E-state index in [4.69, 9.17) is 10.8 Å². The van der Waals surface area contributed by atoms with Gasteiger partial charge in [-0.25, -0.2) is 4.79 Å². The maximum atomic E-state index is 10.7. The molecule has 1 atom stereocenters. The van der Waals surface area contributed by atoms with Crippen molar-refractivity contribution in [1.82, 2.24) is 0 Å². The van der Waals surface area contributed by atoms with Crippen LogP contribution in [0.25, 0.3) is 0 Å². The van der Waals surface area contributed by atoms with Crippen LogP contribution in [-0.4, -0.2) is 27.5 Å². The van der Waals surface area contributed by atoms with E-state index < -0.39 is 11.6 Å².